The highest BCUT2D eigenvalue weighted by Gasteiger charge is 2.12. The van der Waals surface area contributed by atoms with Crippen LogP contribution in [0.1, 0.15) is 18.9 Å². The lowest BCUT2D eigenvalue weighted by molar-refractivity contribution is 0.903. The van der Waals surface area contributed by atoms with Crippen molar-refractivity contribution < 1.29 is 0 Å². The smallest absolute Gasteiger partial charge is 0.162 e. The summed E-state index contributed by atoms with van der Waals surface area (Å²) >= 11 is 15.7. The van der Waals surface area contributed by atoms with E-state index in [-0.39, 0.29) is 0 Å². The van der Waals surface area contributed by atoms with Gasteiger partial charge >= 0.3 is 0 Å². The minimum atomic E-state index is 0.437. The fraction of sp³-hybridized carbons (Fsp3) is 0.231. The summed E-state index contributed by atoms with van der Waals surface area (Å²) < 4.78 is 0.966. The molecule has 2 rings (SSSR count). The second-order valence-corrected chi connectivity index (χ2v) is 5.50. The molecule has 18 heavy (non-hydrogen) atoms. The van der Waals surface area contributed by atoms with Gasteiger partial charge in [0.05, 0.1) is 0 Å². The summed E-state index contributed by atoms with van der Waals surface area (Å²) in [7, 11) is 0. The topological polar surface area (TPSA) is 25.8 Å². The fourth-order valence-electron chi connectivity index (χ4n) is 1.64. The molecule has 0 radical (unpaired) electrons. The molecule has 0 bridgehead atoms. The molecule has 1 heterocycles. The molecule has 0 aliphatic rings. The Morgan fingerprint density at radius 3 is 2.39 bits per heavy atom. The molecule has 1 aromatic carbocycles. The molecule has 0 aliphatic heterocycles. The monoisotopic (exact) mass is 344 g/mol. The first-order valence-electron chi connectivity index (χ1n) is 5.59. The van der Waals surface area contributed by atoms with Gasteiger partial charge in [0.25, 0.3) is 0 Å². The molecule has 2 aromatic rings. The van der Waals surface area contributed by atoms with E-state index in [0.717, 1.165) is 28.4 Å². The van der Waals surface area contributed by atoms with Crippen LogP contribution < -0.4 is 0 Å². The molecule has 1 aromatic heterocycles. The normalized spacial score (nSPS) is 10.7. The van der Waals surface area contributed by atoms with Crippen LogP contribution in [-0.4, -0.2) is 9.97 Å². The Morgan fingerprint density at radius 2 is 1.83 bits per heavy atom. The first kappa shape index (κ1) is 13.8. The summed E-state index contributed by atoms with van der Waals surface area (Å²) in [5.41, 5.74) is 1.70. The van der Waals surface area contributed by atoms with E-state index in [1.807, 2.05) is 24.3 Å². The summed E-state index contributed by atoms with van der Waals surface area (Å²) in [6.45, 7) is 2.06. The average Bonchev–Trinajstić information content (AvgIpc) is 2.33. The molecule has 0 saturated carbocycles. The standard InChI is InChI=1S/C13H11BrCl2N2/c1-2-4-10-11(15)17-13(18-12(10)16)8-5-3-6-9(14)7-8/h3,5-7H,2,4H2,1H3. The summed E-state index contributed by atoms with van der Waals surface area (Å²) in [6, 6.07) is 7.72. The van der Waals surface area contributed by atoms with E-state index in [2.05, 4.69) is 32.8 Å². The SMILES string of the molecule is CCCc1c(Cl)nc(-c2cccc(Br)c2)nc1Cl. The molecule has 5 heteroatoms. The van der Waals surface area contributed by atoms with Crippen LogP contribution in [0.4, 0.5) is 0 Å². The van der Waals surface area contributed by atoms with Gasteiger partial charge in [0, 0.05) is 15.6 Å². The molecule has 0 amide bonds. The second kappa shape index (κ2) is 6.00. The van der Waals surface area contributed by atoms with Gasteiger partial charge in [-0.15, -0.1) is 0 Å². The Morgan fingerprint density at radius 1 is 1.17 bits per heavy atom. The summed E-state index contributed by atoms with van der Waals surface area (Å²) in [5.74, 6) is 0.547. The van der Waals surface area contributed by atoms with Crippen LogP contribution in [0, 0.1) is 0 Å². The Balaban J connectivity index is 2.48. The van der Waals surface area contributed by atoms with Crippen molar-refractivity contribution in [2.45, 2.75) is 19.8 Å². The van der Waals surface area contributed by atoms with E-state index < -0.39 is 0 Å². The molecule has 0 aliphatic carbocycles. The van der Waals surface area contributed by atoms with E-state index in [1.165, 1.54) is 0 Å². The predicted octanol–water partition coefficient (Wildman–Crippen LogP) is 5.17. The fourth-order valence-corrected chi connectivity index (χ4v) is 2.62. The van der Waals surface area contributed by atoms with Gasteiger partial charge in [-0.25, -0.2) is 9.97 Å². The van der Waals surface area contributed by atoms with Gasteiger partial charge in [-0.2, -0.15) is 0 Å². The van der Waals surface area contributed by atoms with Gasteiger partial charge in [-0.3, -0.25) is 0 Å². The Labute approximate surface area is 124 Å². The second-order valence-electron chi connectivity index (χ2n) is 3.87. The van der Waals surface area contributed by atoms with Gasteiger partial charge < -0.3 is 0 Å². The van der Waals surface area contributed by atoms with Gasteiger partial charge in [0.15, 0.2) is 5.82 Å². The maximum atomic E-state index is 6.16. The molecule has 0 saturated heterocycles. The van der Waals surface area contributed by atoms with Crippen LogP contribution >= 0.6 is 39.1 Å². The third-order valence-corrected chi connectivity index (χ3v) is 3.61. The van der Waals surface area contributed by atoms with E-state index in [9.17, 15) is 0 Å². The van der Waals surface area contributed by atoms with Gasteiger partial charge in [0.2, 0.25) is 0 Å². The summed E-state index contributed by atoms with van der Waals surface area (Å²) in [4.78, 5) is 8.63. The number of hydrogen-bond acceptors (Lipinski definition) is 2. The summed E-state index contributed by atoms with van der Waals surface area (Å²) in [6.07, 6.45) is 1.75. The van der Waals surface area contributed by atoms with Crippen molar-refractivity contribution in [2.24, 2.45) is 0 Å². The lowest BCUT2D eigenvalue weighted by atomic mass is 10.2. The molecule has 0 spiro atoms. The van der Waals surface area contributed by atoms with Crippen molar-refractivity contribution in [3.8, 4) is 11.4 Å². The number of nitrogens with zero attached hydrogens (tertiary/aromatic N) is 2. The third kappa shape index (κ3) is 3.02. The maximum Gasteiger partial charge on any atom is 0.162 e. The van der Waals surface area contributed by atoms with Crippen LogP contribution in [0.3, 0.4) is 0 Å². The van der Waals surface area contributed by atoms with Crippen LogP contribution in [0.5, 0.6) is 0 Å². The Bertz CT molecular complexity index is 550. The Hall–Kier alpha value is -0.640. The number of aromatic nitrogens is 2. The average molecular weight is 346 g/mol. The zero-order valence-electron chi connectivity index (χ0n) is 9.75. The highest BCUT2D eigenvalue weighted by Crippen LogP contribution is 2.27. The first-order chi connectivity index (χ1) is 8.61. The van der Waals surface area contributed by atoms with Crippen LogP contribution in [-0.2, 0) is 6.42 Å². The lowest BCUT2D eigenvalue weighted by Crippen LogP contribution is -1.97. The molecule has 0 atom stereocenters. The van der Waals surface area contributed by atoms with Gasteiger partial charge in [-0.1, -0.05) is 64.6 Å². The zero-order chi connectivity index (χ0) is 13.1. The van der Waals surface area contributed by atoms with Gasteiger partial charge in [-0.05, 0) is 18.6 Å². The Kier molecular flexibility index (Phi) is 4.60. The third-order valence-electron chi connectivity index (χ3n) is 2.49. The molecule has 0 unspecified atom stereocenters. The van der Waals surface area contributed by atoms with E-state index in [4.69, 9.17) is 23.2 Å². The number of rotatable bonds is 3. The van der Waals surface area contributed by atoms with Crippen molar-refractivity contribution in [3.63, 3.8) is 0 Å². The molecular weight excluding hydrogens is 335 g/mol. The number of benzene rings is 1. The van der Waals surface area contributed by atoms with Crippen molar-refractivity contribution >= 4 is 39.1 Å². The first-order valence-corrected chi connectivity index (χ1v) is 7.14. The van der Waals surface area contributed by atoms with Gasteiger partial charge in [0.1, 0.15) is 10.3 Å². The van der Waals surface area contributed by atoms with Crippen molar-refractivity contribution in [1.82, 2.24) is 9.97 Å². The number of halogens is 3. The van der Waals surface area contributed by atoms with Crippen LogP contribution in [0.2, 0.25) is 10.3 Å². The molecule has 94 valence electrons. The molecule has 2 nitrogen and oxygen atoms in total. The largest absolute Gasteiger partial charge is 0.216 e. The van der Waals surface area contributed by atoms with E-state index in [1.54, 1.807) is 0 Å². The van der Waals surface area contributed by atoms with Crippen molar-refractivity contribution in [1.29, 1.82) is 0 Å². The number of hydrogen-bond donors (Lipinski definition) is 0. The molecular formula is C13H11BrCl2N2. The van der Waals surface area contributed by atoms with Crippen molar-refractivity contribution in [3.05, 3.63) is 44.6 Å². The molecule has 0 fully saturated rings. The summed E-state index contributed by atoms with van der Waals surface area (Å²) in [5, 5.41) is 0.874. The predicted molar refractivity (Wildman–Crippen MR) is 79.2 cm³/mol. The van der Waals surface area contributed by atoms with E-state index in [0.29, 0.717) is 16.1 Å². The lowest BCUT2D eigenvalue weighted by Gasteiger charge is -2.07. The quantitative estimate of drug-likeness (QED) is 0.717. The minimum Gasteiger partial charge on any atom is -0.216 e. The maximum absolute atomic E-state index is 6.16. The van der Waals surface area contributed by atoms with Crippen molar-refractivity contribution in [2.75, 3.05) is 0 Å². The minimum absolute atomic E-state index is 0.437. The molecule has 0 N–H and O–H groups in total. The van der Waals surface area contributed by atoms with Crippen LogP contribution in [0.15, 0.2) is 28.7 Å². The van der Waals surface area contributed by atoms with Crippen LogP contribution in [0.25, 0.3) is 11.4 Å². The highest BCUT2D eigenvalue weighted by atomic mass is 79.9. The zero-order valence-corrected chi connectivity index (χ0v) is 12.8. The van der Waals surface area contributed by atoms with E-state index >= 15 is 0 Å². The highest BCUT2D eigenvalue weighted by molar-refractivity contribution is 9.10.